The van der Waals surface area contributed by atoms with E-state index in [9.17, 15) is 14.7 Å². The summed E-state index contributed by atoms with van der Waals surface area (Å²) in [5, 5.41) is 10.8. The Balaban J connectivity index is 2.58. The number of amides is 1. The van der Waals surface area contributed by atoms with E-state index in [0.29, 0.717) is 19.4 Å². The monoisotopic (exact) mass is 242 g/mol. The molecule has 0 radical (unpaired) electrons. The van der Waals surface area contributed by atoms with Gasteiger partial charge in [-0.15, -0.1) is 0 Å². The lowest BCUT2D eigenvalue weighted by Gasteiger charge is -2.38. The third-order valence-corrected chi connectivity index (χ3v) is 2.84. The molecule has 0 aromatic carbocycles. The smallest absolute Gasteiger partial charge is 0.410 e. The zero-order chi connectivity index (χ0) is 13.2. The van der Waals surface area contributed by atoms with Crippen molar-refractivity contribution in [2.75, 3.05) is 6.54 Å². The molecular formula is C12H20NO4-. The first-order chi connectivity index (χ1) is 7.70. The van der Waals surface area contributed by atoms with Crippen LogP contribution in [0.1, 0.15) is 40.5 Å². The van der Waals surface area contributed by atoms with Crippen molar-refractivity contribution in [2.45, 2.75) is 52.2 Å². The lowest BCUT2D eigenvalue weighted by atomic mass is 9.92. The van der Waals surface area contributed by atoms with Crippen molar-refractivity contribution in [2.24, 2.45) is 5.92 Å². The van der Waals surface area contributed by atoms with Gasteiger partial charge in [0.15, 0.2) is 0 Å². The first-order valence-corrected chi connectivity index (χ1v) is 5.91. The second-order valence-electron chi connectivity index (χ2n) is 5.56. The summed E-state index contributed by atoms with van der Waals surface area (Å²) >= 11 is 0. The molecule has 17 heavy (non-hydrogen) atoms. The predicted octanol–water partition coefficient (Wildman–Crippen LogP) is 0.772. The number of carbonyl (C=O) groups excluding carboxylic acids is 2. The minimum absolute atomic E-state index is 0.124. The van der Waals surface area contributed by atoms with Gasteiger partial charge in [-0.1, -0.05) is 0 Å². The Kier molecular flexibility index (Phi) is 4.01. The fourth-order valence-electron chi connectivity index (χ4n) is 1.98. The molecule has 5 nitrogen and oxygen atoms in total. The average molecular weight is 242 g/mol. The van der Waals surface area contributed by atoms with Gasteiger partial charge < -0.3 is 19.5 Å². The molecule has 1 fully saturated rings. The molecule has 0 N–H and O–H groups in total. The summed E-state index contributed by atoms with van der Waals surface area (Å²) in [6.07, 6.45) is 0.495. The average Bonchev–Trinajstić information content (AvgIpc) is 2.14. The number of nitrogens with zero attached hydrogens (tertiary/aromatic N) is 1. The van der Waals surface area contributed by atoms with Crippen LogP contribution in [0.25, 0.3) is 0 Å². The van der Waals surface area contributed by atoms with E-state index in [1.54, 1.807) is 4.90 Å². The van der Waals surface area contributed by atoms with E-state index in [1.165, 1.54) is 0 Å². The first-order valence-electron chi connectivity index (χ1n) is 5.91. The van der Waals surface area contributed by atoms with Crippen molar-refractivity contribution in [1.29, 1.82) is 0 Å². The van der Waals surface area contributed by atoms with E-state index in [0.717, 1.165) is 0 Å². The molecule has 0 aliphatic carbocycles. The number of ether oxygens (including phenoxy) is 1. The van der Waals surface area contributed by atoms with Crippen molar-refractivity contribution in [3.63, 3.8) is 0 Å². The number of hydrogen-bond acceptors (Lipinski definition) is 4. The summed E-state index contributed by atoms with van der Waals surface area (Å²) in [6, 6.07) is -0.124. The Morgan fingerprint density at radius 3 is 2.35 bits per heavy atom. The normalized spacial score (nSPS) is 25.5. The summed E-state index contributed by atoms with van der Waals surface area (Å²) in [5.41, 5.74) is -0.526. The van der Waals surface area contributed by atoms with Gasteiger partial charge in [0.1, 0.15) is 5.60 Å². The van der Waals surface area contributed by atoms with Crippen LogP contribution >= 0.6 is 0 Å². The van der Waals surface area contributed by atoms with Crippen LogP contribution in [0.15, 0.2) is 0 Å². The highest BCUT2D eigenvalue weighted by Gasteiger charge is 2.31. The number of carboxylic acid groups (broad SMARTS) is 1. The van der Waals surface area contributed by atoms with E-state index in [2.05, 4.69) is 0 Å². The number of aliphatic carboxylic acids is 1. The highest BCUT2D eigenvalue weighted by atomic mass is 16.6. The molecule has 5 heteroatoms. The molecule has 2 unspecified atom stereocenters. The van der Waals surface area contributed by atoms with Gasteiger partial charge in [0.25, 0.3) is 0 Å². The molecule has 0 saturated carbocycles. The number of carboxylic acids is 1. The molecule has 1 rings (SSSR count). The highest BCUT2D eigenvalue weighted by Crippen LogP contribution is 2.24. The van der Waals surface area contributed by atoms with Crippen LogP contribution in [0.3, 0.4) is 0 Å². The zero-order valence-corrected chi connectivity index (χ0v) is 10.9. The summed E-state index contributed by atoms with van der Waals surface area (Å²) in [7, 11) is 0. The number of carbonyl (C=O) groups is 2. The Bertz CT molecular complexity index is 308. The van der Waals surface area contributed by atoms with Gasteiger partial charge >= 0.3 is 6.09 Å². The maximum atomic E-state index is 11.8. The van der Waals surface area contributed by atoms with Gasteiger partial charge in [-0.2, -0.15) is 0 Å². The molecule has 0 aromatic rings. The molecule has 1 aliphatic rings. The standard InChI is InChI=1S/C12H21NO4/c1-8-7-9(10(14)15)5-6-13(8)11(16)17-12(2,3)4/h8-9H,5-7H2,1-4H3,(H,14,15)/p-1. The van der Waals surface area contributed by atoms with E-state index in [4.69, 9.17) is 4.74 Å². The molecule has 0 aromatic heterocycles. The Labute approximate surface area is 102 Å². The van der Waals surface area contributed by atoms with Crippen molar-refractivity contribution in [3.05, 3.63) is 0 Å². The van der Waals surface area contributed by atoms with E-state index < -0.39 is 17.5 Å². The Morgan fingerprint density at radius 1 is 1.35 bits per heavy atom. The predicted molar refractivity (Wildman–Crippen MR) is 60.1 cm³/mol. The van der Waals surface area contributed by atoms with Gasteiger partial charge in [0.05, 0.1) is 0 Å². The SMILES string of the molecule is CC1CC(C(=O)[O-])CCN1C(=O)OC(C)(C)C. The minimum Gasteiger partial charge on any atom is -0.550 e. The third kappa shape index (κ3) is 3.91. The summed E-state index contributed by atoms with van der Waals surface area (Å²) in [5.74, 6) is -1.48. The number of likely N-dealkylation sites (tertiary alicyclic amines) is 1. The summed E-state index contributed by atoms with van der Waals surface area (Å²) in [4.78, 5) is 24.2. The molecule has 2 atom stereocenters. The van der Waals surface area contributed by atoms with Gasteiger partial charge in [0, 0.05) is 24.5 Å². The first kappa shape index (κ1) is 13.8. The topological polar surface area (TPSA) is 69.7 Å². The molecule has 1 amide bonds. The minimum atomic E-state index is -1.03. The number of piperidine rings is 1. The molecular weight excluding hydrogens is 222 g/mol. The van der Waals surface area contributed by atoms with Crippen LogP contribution in [0.2, 0.25) is 0 Å². The molecule has 1 saturated heterocycles. The fraction of sp³-hybridized carbons (Fsp3) is 0.833. The maximum Gasteiger partial charge on any atom is 0.410 e. The highest BCUT2D eigenvalue weighted by molar-refractivity contribution is 5.71. The van der Waals surface area contributed by atoms with Crippen LogP contribution in [0.5, 0.6) is 0 Å². The van der Waals surface area contributed by atoms with Crippen molar-refractivity contribution < 1.29 is 19.4 Å². The van der Waals surface area contributed by atoms with Crippen molar-refractivity contribution >= 4 is 12.1 Å². The summed E-state index contributed by atoms with van der Waals surface area (Å²) < 4.78 is 5.27. The molecule has 98 valence electrons. The second-order valence-corrected chi connectivity index (χ2v) is 5.56. The largest absolute Gasteiger partial charge is 0.550 e. The van der Waals surface area contributed by atoms with Crippen LogP contribution in [-0.4, -0.2) is 35.2 Å². The molecule has 0 spiro atoms. The van der Waals surface area contributed by atoms with Gasteiger partial charge in [0.2, 0.25) is 0 Å². The lowest BCUT2D eigenvalue weighted by molar-refractivity contribution is -0.313. The van der Waals surface area contributed by atoms with Crippen molar-refractivity contribution in [1.82, 2.24) is 4.90 Å². The van der Waals surface area contributed by atoms with Gasteiger partial charge in [-0.3, -0.25) is 0 Å². The van der Waals surface area contributed by atoms with Crippen LogP contribution in [0, 0.1) is 5.92 Å². The Morgan fingerprint density at radius 2 is 1.94 bits per heavy atom. The van der Waals surface area contributed by atoms with Crippen LogP contribution < -0.4 is 5.11 Å². The molecule has 0 bridgehead atoms. The third-order valence-electron chi connectivity index (χ3n) is 2.84. The van der Waals surface area contributed by atoms with Crippen LogP contribution in [0.4, 0.5) is 4.79 Å². The number of rotatable bonds is 1. The van der Waals surface area contributed by atoms with Gasteiger partial charge in [-0.25, -0.2) is 4.79 Å². The molecule has 1 aliphatic heterocycles. The van der Waals surface area contributed by atoms with Crippen LogP contribution in [-0.2, 0) is 9.53 Å². The second kappa shape index (κ2) is 4.94. The Hall–Kier alpha value is -1.26. The maximum absolute atomic E-state index is 11.8. The fourth-order valence-corrected chi connectivity index (χ4v) is 1.98. The van der Waals surface area contributed by atoms with E-state index >= 15 is 0 Å². The molecule has 1 heterocycles. The number of hydrogen-bond donors (Lipinski definition) is 0. The zero-order valence-electron chi connectivity index (χ0n) is 10.9. The van der Waals surface area contributed by atoms with E-state index in [-0.39, 0.29) is 12.1 Å². The quantitative estimate of drug-likeness (QED) is 0.681. The van der Waals surface area contributed by atoms with Crippen molar-refractivity contribution in [3.8, 4) is 0 Å². The summed E-state index contributed by atoms with van der Waals surface area (Å²) in [6.45, 7) is 7.67. The lowest BCUT2D eigenvalue weighted by Crippen LogP contribution is -2.49. The van der Waals surface area contributed by atoms with E-state index in [1.807, 2.05) is 27.7 Å². The van der Waals surface area contributed by atoms with Gasteiger partial charge in [-0.05, 0) is 40.5 Å².